The monoisotopic (exact) mass is 268 g/mol. The fraction of sp³-hybridized carbons (Fsp3) is 0. The van der Waals surface area contributed by atoms with Crippen molar-refractivity contribution in [2.45, 2.75) is 0 Å². The van der Waals surface area contributed by atoms with Crippen LogP contribution in [0.5, 0.6) is 5.75 Å². The Morgan fingerprint density at radius 1 is 0.947 bits per heavy atom. The molecule has 92 valence electrons. The molecule has 4 rings (SSSR count). The zero-order valence-electron chi connectivity index (χ0n) is 9.81. The van der Waals surface area contributed by atoms with E-state index in [2.05, 4.69) is 9.97 Å². The number of aromatic hydroxyl groups is 1. The lowest BCUT2D eigenvalue weighted by molar-refractivity contribution is 0.480. The standard InChI is InChI=1S/C15H9ClN2O/c16-12-8-4-1-2-6-10(8)17-14-9-5-3-7-11(19)13(9)18-15(12)14/h1-7,18-19H. The maximum atomic E-state index is 9.90. The summed E-state index contributed by atoms with van der Waals surface area (Å²) in [6.45, 7) is 0. The largest absolute Gasteiger partial charge is 0.506 e. The predicted molar refractivity (Wildman–Crippen MR) is 77.8 cm³/mol. The number of benzene rings is 2. The molecule has 0 saturated carbocycles. The second-order valence-corrected chi connectivity index (χ2v) is 4.87. The van der Waals surface area contributed by atoms with Crippen LogP contribution in [0.15, 0.2) is 42.5 Å². The third kappa shape index (κ3) is 1.36. The Morgan fingerprint density at radius 3 is 2.63 bits per heavy atom. The van der Waals surface area contributed by atoms with E-state index in [-0.39, 0.29) is 5.75 Å². The van der Waals surface area contributed by atoms with Crippen LogP contribution in [0.2, 0.25) is 5.02 Å². The van der Waals surface area contributed by atoms with E-state index in [0.717, 1.165) is 27.3 Å². The van der Waals surface area contributed by atoms with Gasteiger partial charge in [-0.1, -0.05) is 41.9 Å². The number of halogens is 1. The van der Waals surface area contributed by atoms with Gasteiger partial charge in [-0.3, -0.25) is 0 Å². The van der Waals surface area contributed by atoms with Crippen molar-refractivity contribution in [2.24, 2.45) is 0 Å². The summed E-state index contributed by atoms with van der Waals surface area (Å²) in [6, 6.07) is 13.1. The fourth-order valence-corrected chi connectivity index (χ4v) is 2.77. The number of hydrogen-bond acceptors (Lipinski definition) is 2. The lowest BCUT2D eigenvalue weighted by Gasteiger charge is -2.01. The van der Waals surface area contributed by atoms with E-state index >= 15 is 0 Å². The highest BCUT2D eigenvalue weighted by molar-refractivity contribution is 6.40. The van der Waals surface area contributed by atoms with Crippen molar-refractivity contribution in [2.75, 3.05) is 0 Å². The molecule has 4 aromatic rings. The van der Waals surface area contributed by atoms with Crippen LogP contribution in [-0.4, -0.2) is 15.1 Å². The summed E-state index contributed by atoms with van der Waals surface area (Å²) in [7, 11) is 0. The molecule has 0 spiro atoms. The molecule has 0 radical (unpaired) electrons. The highest BCUT2D eigenvalue weighted by Gasteiger charge is 2.13. The third-order valence-corrected chi connectivity index (χ3v) is 3.77. The Bertz CT molecular complexity index is 943. The Morgan fingerprint density at radius 2 is 1.74 bits per heavy atom. The zero-order chi connectivity index (χ0) is 13.0. The number of nitrogens with zero attached hydrogens (tertiary/aromatic N) is 1. The van der Waals surface area contributed by atoms with Gasteiger partial charge in [0.1, 0.15) is 5.75 Å². The molecule has 0 bridgehead atoms. The van der Waals surface area contributed by atoms with Crippen LogP contribution in [0, 0.1) is 0 Å². The van der Waals surface area contributed by atoms with Crippen molar-refractivity contribution in [1.82, 2.24) is 9.97 Å². The van der Waals surface area contributed by atoms with Crippen LogP contribution in [0.1, 0.15) is 0 Å². The minimum Gasteiger partial charge on any atom is -0.506 e. The first-order valence-corrected chi connectivity index (χ1v) is 6.31. The van der Waals surface area contributed by atoms with Crippen LogP contribution in [0.4, 0.5) is 0 Å². The Hall–Kier alpha value is -2.26. The van der Waals surface area contributed by atoms with Crippen LogP contribution in [-0.2, 0) is 0 Å². The molecule has 2 aromatic heterocycles. The zero-order valence-corrected chi connectivity index (χ0v) is 10.6. The van der Waals surface area contributed by atoms with Crippen LogP contribution >= 0.6 is 11.6 Å². The summed E-state index contributed by atoms with van der Waals surface area (Å²) in [5.74, 6) is 0.204. The number of aromatic amines is 1. The van der Waals surface area contributed by atoms with Gasteiger partial charge in [0.05, 0.1) is 27.1 Å². The minimum atomic E-state index is 0.204. The van der Waals surface area contributed by atoms with E-state index in [0.29, 0.717) is 10.5 Å². The van der Waals surface area contributed by atoms with Crippen molar-refractivity contribution in [3.63, 3.8) is 0 Å². The van der Waals surface area contributed by atoms with Crippen molar-refractivity contribution in [3.05, 3.63) is 47.5 Å². The molecule has 0 aliphatic heterocycles. The van der Waals surface area contributed by atoms with Gasteiger partial charge in [0.25, 0.3) is 0 Å². The molecule has 0 amide bonds. The molecule has 0 aliphatic rings. The molecule has 2 heterocycles. The highest BCUT2D eigenvalue weighted by Crippen LogP contribution is 2.36. The number of rotatable bonds is 0. The maximum Gasteiger partial charge on any atom is 0.139 e. The number of phenolic OH excluding ortho intramolecular Hbond substituents is 1. The van der Waals surface area contributed by atoms with Gasteiger partial charge in [0.2, 0.25) is 0 Å². The molecule has 0 saturated heterocycles. The van der Waals surface area contributed by atoms with Crippen LogP contribution in [0.3, 0.4) is 0 Å². The second-order valence-electron chi connectivity index (χ2n) is 4.49. The lowest BCUT2D eigenvalue weighted by Crippen LogP contribution is -1.82. The summed E-state index contributed by atoms with van der Waals surface area (Å²) in [6.07, 6.45) is 0. The molecule has 0 unspecified atom stereocenters. The van der Waals surface area contributed by atoms with Crippen LogP contribution < -0.4 is 0 Å². The summed E-state index contributed by atoms with van der Waals surface area (Å²) in [4.78, 5) is 7.80. The van der Waals surface area contributed by atoms with Gasteiger partial charge >= 0.3 is 0 Å². The van der Waals surface area contributed by atoms with Gasteiger partial charge in [0, 0.05) is 10.8 Å². The van der Waals surface area contributed by atoms with E-state index in [1.54, 1.807) is 12.1 Å². The van der Waals surface area contributed by atoms with E-state index < -0.39 is 0 Å². The first kappa shape index (κ1) is 10.6. The number of nitrogens with one attached hydrogen (secondary N) is 1. The lowest BCUT2D eigenvalue weighted by atomic mass is 10.1. The van der Waals surface area contributed by atoms with Crippen molar-refractivity contribution < 1.29 is 5.11 Å². The maximum absolute atomic E-state index is 9.90. The van der Waals surface area contributed by atoms with Crippen molar-refractivity contribution >= 4 is 44.4 Å². The predicted octanol–water partition coefficient (Wildman–Crippen LogP) is 4.23. The third-order valence-electron chi connectivity index (χ3n) is 3.38. The molecule has 2 N–H and O–H groups in total. The normalized spacial score (nSPS) is 11.6. The van der Waals surface area contributed by atoms with Gasteiger partial charge in [-0.15, -0.1) is 0 Å². The highest BCUT2D eigenvalue weighted by atomic mass is 35.5. The van der Waals surface area contributed by atoms with Gasteiger partial charge in [-0.25, -0.2) is 4.98 Å². The number of phenols is 1. The average molecular weight is 269 g/mol. The van der Waals surface area contributed by atoms with E-state index in [1.807, 2.05) is 30.3 Å². The molecule has 4 heteroatoms. The SMILES string of the molecule is Oc1cccc2c1[nH]c1c(Cl)c3ccccc3nc12. The molecular weight excluding hydrogens is 260 g/mol. The summed E-state index contributed by atoms with van der Waals surface area (Å²) in [5, 5.41) is 12.3. The van der Waals surface area contributed by atoms with Crippen molar-refractivity contribution in [3.8, 4) is 5.75 Å². The second kappa shape index (κ2) is 3.62. The molecule has 19 heavy (non-hydrogen) atoms. The van der Waals surface area contributed by atoms with E-state index in [4.69, 9.17) is 11.6 Å². The fourth-order valence-electron chi connectivity index (χ4n) is 2.47. The number of para-hydroxylation sites is 2. The topological polar surface area (TPSA) is 48.9 Å². The summed E-state index contributed by atoms with van der Waals surface area (Å²) >= 11 is 6.45. The van der Waals surface area contributed by atoms with Crippen LogP contribution in [0.25, 0.3) is 32.8 Å². The molecule has 0 aliphatic carbocycles. The van der Waals surface area contributed by atoms with Crippen molar-refractivity contribution in [1.29, 1.82) is 0 Å². The Kier molecular flexibility index (Phi) is 2.03. The molecule has 2 aromatic carbocycles. The molecular formula is C15H9ClN2O. The van der Waals surface area contributed by atoms with Gasteiger partial charge in [0.15, 0.2) is 0 Å². The Labute approximate surface area is 113 Å². The van der Waals surface area contributed by atoms with Gasteiger partial charge in [-0.05, 0) is 12.1 Å². The van der Waals surface area contributed by atoms with E-state index in [9.17, 15) is 5.11 Å². The van der Waals surface area contributed by atoms with E-state index in [1.165, 1.54) is 0 Å². The first-order valence-electron chi connectivity index (χ1n) is 5.93. The minimum absolute atomic E-state index is 0.204. The average Bonchev–Trinajstić information content (AvgIpc) is 2.80. The number of aromatic nitrogens is 2. The number of hydrogen-bond donors (Lipinski definition) is 2. The molecule has 3 nitrogen and oxygen atoms in total. The number of H-pyrrole nitrogens is 1. The van der Waals surface area contributed by atoms with Gasteiger partial charge < -0.3 is 10.1 Å². The number of fused-ring (bicyclic) bond motifs is 4. The Balaban J connectivity index is 2.33. The molecule has 0 fully saturated rings. The smallest absolute Gasteiger partial charge is 0.139 e. The summed E-state index contributed by atoms with van der Waals surface area (Å²) in [5.41, 5.74) is 3.07. The molecule has 0 atom stereocenters. The quantitative estimate of drug-likeness (QED) is 0.501. The summed E-state index contributed by atoms with van der Waals surface area (Å²) < 4.78 is 0. The first-order chi connectivity index (χ1) is 9.25. The number of pyridine rings is 1. The van der Waals surface area contributed by atoms with Gasteiger partial charge in [-0.2, -0.15) is 0 Å².